The topological polar surface area (TPSA) is 81.1 Å². The maximum Gasteiger partial charge on any atom is 0.278 e. The predicted molar refractivity (Wildman–Crippen MR) is 117 cm³/mol. The van der Waals surface area contributed by atoms with E-state index >= 15 is 0 Å². The van der Waals surface area contributed by atoms with Gasteiger partial charge in [-0.2, -0.15) is 0 Å². The molecule has 1 aliphatic carbocycles. The fourth-order valence-electron chi connectivity index (χ4n) is 3.86. The van der Waals surface area contributed by atoms with Crippen molar-refractivity contribution in [1.29, 1.82) is 0 Å². The summed E-state index contributed by atoms with van der Waals surface area (Å²) < 4.78 is 6.89. The Hall–Kier alpha value is -3.35. The minimum absolute atomic E-state index is 0.284. The van der Waals surface area contributed by atoms with Gasteiger partial charge in [-0.1, -0.05) is 24.1 Å². The number of hydrogen-bond donors (Lipinski definition) is 2. The van der Waals surface area contributed by atoms with Crippen molar-refractivity contribution in [1.82, 2.24) is 15.0 Å². The van der Waals surface area contributed by atoms with Crippen LogP contribution in [0.25, 0.3) is 5.69 Å². The largest absolute Gasteiger partial charge is 0.497 e. The zero-order valence-corrected chi connectivity index (χ0v) is 17.4. The third-order valence-electron chi connectivity index (χ3n) is 5.62. The van der Waals surface area contributed by atoms with Crippen LogP contribution in [-0.4, -0.2) is 34.6 Å². The zero-order chi connectivity index (χ0) is 20.9. The van der Waals surface area contributed by atoms with Crippen molar-refractivity contribution < 1.29 is 9.53 Å². The molecule has 0 saturated heterocycles. The smallest absolute Gasteiger partial charge is 0.278 e. The monoisotopic (exact) mass is 405 g/mol. The molecule has 1 aliphatic rings. The van der Waals surface area contributed by atoms with Crippen LogP contribution in [0.15, 0.2) is 48.5 Å². The number of methoxy groups -OCH3 is 1. The van der Waals surface area contributed by atoms with Crippen LogP contribution < -0.4 is 15.4 Å². The third kappa shape index (κ3) is 4.45. The Labute approximate surface area is 176 Å². The van der Waals surface area contributed by atoms with Crippen molar-refractivity contribution in [2.75, 3.05) is 24.3 Å². The zero-order valence-electron chi connectivity index (χ0n) is 17.4. The summed E-state index contributed by atoms with van der Waals surface area (Å²) in [5, 5.41) is 14.6. The van der Waals surface area contributed by atoms with E-state index in [9.17, 15) is 4.79 Å². The maximum atomic E-state index is 12.7. The molecule has 0 atom stereocenters. The highest BCUT2D eigenvalue weighted by molar-refractivity contribution is 6.03. The minimum Gasteiger partial charge on any atom is -0.497 e. The highest BCUT2D eigenvalue weighted by atomic mass is 16.5. The lowest BCUT2D eigenvalue weighted by molar-refractivity contribution is 0.102. The van der Waals surface area contributed by atoms with Crippen molar-refractivity contribution in [3.8, 4) is 11.4 Å². The van der Waals surface area contributed by atoms with Gasteiger partial charge in [0, 0.05) is 24.0 Å². The summed E-state index contributed by atoms with van der Waals surface area (Å²) in [5.41, 5.74) is 3.54. The van der Waals surface area contributed by atoms with Gasteiger partial charge in [0.1, 0.15) is 5.75 Å². The van der Waals surface area contributed by atoms with Crippen molar-refractivity contribution in [2.24, 2.45) is 5.92 Å². The lowest BCUT2D eigenvalue weighted by Crippen LogP contribution is -2.14. The number of anilines is 2. The fraction of sp³-hybridized carbons (Fsp3) is 0.348. The summed E-state index contributed by atoms with van der Waals surface area (Å²) in [6, 6.07) is 15.2. The number of benzene rings is 2. The van der Waals surface area contributed by atoms with E-state index < -0.39 is 0 Å². The highest BCUT2D eigenvalue weighted by Crippen LogP contribution is 2.25. The van der Waals surface area contributed by atoms with Gasteiger partial charge < -0.3 is 15.4 Å². The molecule has 0 radical (unpaired) electrons. The first-order valence-corrected chi connectivity index (χ1v) is 10.4. The van der Waals surface area contributed by atoms with Gasteiger partial charge in [-0.3, -0.25) is 4.79 Å². The molecule has 156 valence electrons. The molecule has 4 rings (SSSR count). The summed E-state index contributed by atoms with van der Waals surface area (Å²) in [6.07, 6.45) is 5.33. The fourth-order valence-corrected chi connectivity index (χ4v) is 3.86. The molecule has 2 N–H and O–H groups in total. The van der Waals surface area contributed by atoms with E-state index in [1.54, 1.807) is 11.8 Å². The van der Waals surface area contributed by atoms with Crippen LogP contribution >= 0.6 is 0 Å². The van der Waals surface area contributed by atoms with Gasteiger partial charge in [-0.25, -0.2) is 4.68 Å². The Morgan fingerprint density at radius 1 is 1.13 bits per heavy atom. The molecule has 2 aromatic carbocycles. The van der Waals surface area contributed by atoms with Crippen LogP contribution in [-0.2, 0) is 0 Å². The molecule has 1 amide bonds. The van der Waals surface area contributed by atoms with E-state index in [1.165, 1.54) is 25.7 Å². The van der Waals surface area contributed by atoms with Crippen molar-refractivity contribution in [3.63, 3.8) is 0 Å². The lowest BCUT2D eigenvalue weighted by atomic mass is 10.1. The molecular formula is C23H27N5O2. The number of nitrogens with one attached hydrogen (secondary N) is 2. The molecule has 0 bridgehead atoms. The van der Waals surface area contributed by atoms with Crippen LogP contribution in [0.4, 0.5) is 11.4 Å². The van der Waals surface area contributed by atoms with Crippen LogP contribution in [0.1, 0.15) is 41.9 Å². The second-order valence-electron chi connectivity index (χ2n) is 7.70. The van der Waals surface area contributed by atoms with Crippen molar-refractivity contribution in [3.05, 3.63) is 59.9 Å². The van der Waals surface area contributed by atoms with Crippen LogP contribution in [0.5, 0.6) is 5.75 Å². The van der Waals surface area contributed by atoms with Gasteiger partial charge in [0.25, 0.3) is 5.91 Å². The number of carbonyl (C=O) groups is 1. The second-order valence-corrected chi connectivity index (χ2v) is 7.70. The lowest BCUT2D eigenvalue weighted by Gasteiger charge is -2.12. The molecule has 1 saturated carbocycles. The average Bonchev–Trinajstić information content (AvgIpc) is 3.43. The number of rotatable bonds is 7. The standard InChI is InChI=1S/C23H27N5O2/c1-16-22(26-27-28(16)20-8-5-9-21(14-20)30-2)23(29)25-19-12-10-18(11-13-19)24-15-17-6-3-4-7-17/h5,8-14,17,24H,3-4,6-7,15H2,1-2H3,(H,25,29). The van der Waals surface area contributed by atoms with Crippen molar-refractivity contribution >= 4 is 17.3 Å². The summed E-state index contributed by atoms with van der Waals surface area (Å²) in [4.78, 5) is 12.7. The van der Waals surface area contributed by atoms with E-state index in [0.717, 1.165) is 35.3 Å². The van der Waals surface area contributed by atoms with E-state index in [-0.39, 0.29) is 5.91 Å². The molecule has 3 aromatic rings. The highest BCUT2D eigenvalue weighted by Gasteiger charge is 2.18. The number of ether oxygens (including phenoxy) is 1. The molecular weight excluding hydrogens is 378 g/mol. The van der Waals surface area contributed by atoms with E-state index in [0.29, 0.717) is 11.4 Å². The first kappa shape index (κ1) is 19.9. The molecule has 1 aromatic heterocycles. The van der Waals surface area contributed by atoms with Gasteiger partial charge in [-0.05, 0) is 62.1 Å². The van der Waals surface area contributed by atoms with E-state index in [2.05, 4.69) is 20.9 Å². The molecule has 1 heterocycles. The van der Waals surface area contributed by atoms with Gasteiger partial charge >= 0.3 is 0 Å². The molecule has 7 nitrogen and oxygen atoms in total. The molecule has 7 heteroatoms. The Balaban J connectivity index is 1.40. The first-order valence-electron chi connectivity index (χ1n) is 10.4. The number of amides is 1. The van der Waals surface area contributed by atoms with E-state index in [1.807, 2.05) is 55.5 Å². The summed E-state index contributed by atoms with van der Waals surface area (Å²) >= 11 is 0. The van der Waals surface area contributed by atoms with Gasteiger partial charge in [0.2, 0.25) is 0 Å². The number of hydrogen-bond acceptors (Lipinski definition) is 5. The Bertz CT molecular complexity index is 1010. The summed E-state index contributed by atoms with van der Waals surface area (Å²) in [5.74, 6) is 1.21. The first-order chi connectivity index (χ1) is 14.6. The molecule has 30 heavy (non-hydrogen) atoms. The predicted octanol–water partition coefficient (Wildman–Crippen LogP) is 4.44. The Morgan fingerprint density at radius 3 is 2.60 bits per heavy atom. The summed E-state index contributed by atoms with van der Waals surface area (Å²) in [7, 11) is 1.61. The van der Waals surface area contributed by atoms with Gasteiger partial charge in [-0.15, -0.1) is 5.10 Å². The quantitative estimate of drug-likeness (QED) is 0.607. The number of nitrogens with zero attached hydrogens (tertiary/aromatic N) is 3. The van der Waals surface area contributed by atoms with E-state index in [4.69, 9.17) is 4.74 Å². The van der Waals surface area contributed by atoms with Crippen LogP contribution in [0.3, 0.4) is 0 Å². The number of aromatic nitrogens is 3. The third-order valence-corrected chi connectivity index (χ3v) is 5.62. The molecule has 0 aliphatic heterocycles. The van der Waals surface area contributed by atoms with Crippen molar-refractivity contribution in [2.45, 2.75) is 32.6 Å². The van der Waals surface area contributed by atoms with Crippen LogP contribution in [0.2, 0.25) is 0 Å². The summed E-state index contributed by atoms with van der Waals surface area (Å²) in [6.45, 7) is 2.84. The minimum atomic E-state index is -0.284. The average molecular weight is 406 g/mol. The SMILES string of the molecule is COc1cccc(-n2nnc(C(=O)Nc3ccc(NCC4CCCC4)cc3)c2C)c1. The normalized spacial score (nSPS) is 13.9. The van der Waals surface area contributed by atoms with Crippen LogP contribution in [0, 0.1) is 12.8 Å². The molecule has 1 fully saturated rings. The second kappa shape index (κ2) is 8.98. The molecule has 0 unspecified atom stereocenters. The molecule has 0 spiro atoms. The van der Waals surface area contributed by atoms with Gasteiger partial charge in [0.05, 0.1) is 18.5 Å². The van der Waals surface area contributed by atoms with Gasteiger partial charge in [0.15, 0.2) is 5.69 Å². The Morgan fingerprint density at radius 2 is 1.87 bits per heavy atom. The maximum absolute atomic E-state index is 12.7. The Kier molecular flexibility index (Phi) is 5.97. The number of carbonyl (C=O) groups excluding carboxylic acids is 1.